The van der Waals surface area contributed by atoms with E-state index in [4.69, 9.17) is 0 Å². The van der Waals surface area contributed by atoms with Crippen LogP contribution in [-0.4, -0.2) is 21.0 Å². The van der Waals surface area contributed by atoms with Gasteiger partial charge in [-0.3, -0.25) is 4.68 Å². The fraction of sp³-hybridized carbons (Fsp3) is 0.727. The zero-order valence-corrected chi connectivity index (χ0v) is 10.8. The van der Waals surface area contributed by atoms with E-state index in [0.29, 0.717) is 0 Å². The van der Waals surface area contributed by atoms with Gasteiger partial charge in [-0.2, -0.15) is 5.10 Å². The van der Waals surface area contributed by atoms with Gasteiger partial charge in [0.25, 0.3) is 0 Å². The first-order valence-electron chi connectivity index (χ1n) is 5.46. The highest BCUT2D eigenvalue weighted by atomic mass is 79.9. The quantitative estimate of drug-likeness (QED) is 0.898. The fourth-order valence-electron chi connectivity index (χ4n) is 2.63. The van der Waals surface area contributed by atoms with E-state index in [9.17, 15) is 5.11 Å². The lowest BCUT2D eigenvalue weighted by Crippen LogP contribution is -2.24. The smallest absolute Gasteiger partial charge is 0.0635 e. The molecule has 84 valence electrons. The van der Waals surface area contributed by atoms with Crippen LogP contribution in [0.3, 0.4) is 0 Å². The van der Waals surface area contributed by atoms with Gasteiger partial charge in [0.15, 0.2) is 0 Å². The maximum Gasteiger partial charge on any atom is 0.0635 e. The molecule has 1 aromatic heterocycles. The van der Waals surface area contributed by atoms with Crippen molar-refractivity contribution >= 4 is 15.9 Å². The average Bonchev–Trinajstić information content (AvgIpc) is 2.71. The molecule has 0 saturated heterocycles. The van der Waals surface area contributed by atoms with Crippen LogP contribution in [0.1, 0.15) is 38.8 Å². The summed E-state index contributed by atoms with van der Waals surface area (Å²) in [6, 6.07) is 0. The standard InChI is InChI=1S/C11H17BrN2O/c1-3-14-10(9(12)7-13-14)11(2)5-4-8(15)6-11/h7-8,15H,3-6H2,1-2H3. The second-order valence-corrected chi connectivity index (χ2v) is 5.47. The minimum Gasteiger partial charge on any atom is -0.393 e. The summed E-state index contributed by atoms with van der Waals surface area (Å²) < 4.78 is 3.10. The lowest BCUT2D eigenvalue weighted by molar-refractivity contribution is 0.174. The number of rotatable bonds is 2. The normalized spacial score (nSPS) is 31.1. The van der Waals surface area contributed by atoms with Crippen LogP contribution in [0.4, 0.5) is 0 Å². The first kappa shape index (κ1) is 11.1. The van der Waals surface area contributed by atoms with Crippen LogP contribution in [0.2, 0.25) is 0 Å². The number of aromatic nitrogens is 2. The molecule has 0 aromatic carbocycles. The van der Waals surface area contributed by atoms with Gasteiger partial charge < -0.3 is 5.11 Å². The molecule has 1 fully saturated rings. The van der Waals surface area contributed by atoms with Gasteiger partial charge in [0, 0.05) is 12.0 Å². The van der Waals surface area contributed by atoms with Crippen molar-refractivity contribution in [3.63, 3.8) is 0 Å². The van der Waals surface area contributed by atoms with Crippen LogP contribution >= 0.6 is 15.9 Å². The predicted molar refractivity (Wildman–Crippen MR) is 62.8 cm³/mol. The molecule has 0 bridgehead atoms. The summed E-state index contributed by atoms with van der Waals surface area (Å²) in [5.41, 5.74) is 1.31. The largest absolute Gasteiger partial charge is 0.393 e. The molecule has 1 aliphatic rings. The van der Waals surface area contributed by atoms with Crippen molar-refractivity contribution in [2.45, 2.75) is 51.2 Å². The van der Waals surface area contributed by atoms with E-state index < -0.39 is 0 Å². The molecule has 0 radical (unpaired) electrons. The van der Waals surface area contributed by atoms with Gasteiger partial charge in [-0.25, -0.2) is 0 Å². The number of nitrogens with zero attached hydrogens (tertiary/aromatic N) is 2. The van der Waals surface area contributed by atoms with Crippen molar-refractivity contribution in [3.05, 3.63) is 16.4 Å². The summed E-state index contributed by atoms with van der Waals surface area (Å²) in [6.07, 6.45) is 4.49. The summed E-state index contributed by atoms with van der Waals surface area (Å²) in [5, 5.41) is 14.0. The summed E-state index contributed by atoms with van der Waals surface area (Å²) in [7, 11) is 0. The molecule has 0 amide bonds. The molecule has 2 atom stereocenters. The molecular formula is C11H17BrN2O. The molecule has 2 rings (SSSR count). The molecule has 1 aromatic rings. The Bertz CT molecular complexity index is 363. The van der Waals surface area contributed by atoms with Crippen molar-refractivity contribution in [2.24, 2.45) is 0 Å². The third-order valence-electron chi connectivity index (χ3n) is 3.38. The average molecular weight is 273 g/mol. The summed E-state index contributed by atoms with van der Waals surface area (Å²) >= 11 is 3.56. The number of halogens is 1. The molecule has 1 heterocycles. The Hall–Kier alpha value is -0.350. The van der Waals surface area contributed by atoms with E-state index in [1.54, 1.807) is 0 Å². The van der Waals surface area contributed by atoms with Gasteiger partial charge in [0.05, 0.1) is 22.5 Å². The molecule has 15 heavy (non-hydrogen) atoms. The number of hydrogen-bond acceptors (Lipinski definition) is 2. The Labute approximate surface area is 98.6 Å². The Morgan fingerprint density at radius 3 is 3.00 bits per heavy atom. The van der Waals surface area contributed by atoms with Gasteiger partial charge in [-0.05, 0) is 42.1 Å². The number of aliphatic hydroxyl groups is 1. The minimum atomic E-state index is -0.151. The Morgan fingerprint density at radius 2 is 2.47 bits per heavy atom. The van der Waals surface area contributed by atoms with E-state index in [-0.39, 0.29) is 11.5 Å². The second kappa shape index (κ2) is 3.91. The lowest BCUT2D eigenvalue weighted by Gasteiger charge is -2.25. The van der Waals surface area contributed by atoms with Gasteiger partial charge in [0.1, 0.15) is 0 Å². The van der Waals surface area contributed by atoms with Crippen LogP contribution in [0.5, 0.6) is 0 Å². The topological polar surface area (TPSA) is 38.0 Å². The molecule has 3 nitrogen and oxygen atoms in total. The van der Waals surface area contributed by atoms with Crippen LogP contribution in [-0.2, 0) is 12.0 Å². The second-order valence-electron chi connectivity index (χ2n) is 4.61. The number of aliphatic hydroxyl groups excluding tert-OH is 1. The van der Waals surface area contributed by atoms with Gasteiger partial charge in [-0.1, -0.05) is 6.92 Å². The highest BCUT2D eigenvalue weighted by Crippen LogP contribution is 2.43. The third kappa shape index (κ3) is 1.85. The third-order valence-corrected chi connectivity index (χ3v) is 3.96. The Morgan fingerprint density at radius 1 is 1.73 bits per heavy atom. The molecular weight excluding hydrogens is 256 g/mol. The number of hydrogen-bond donors (Lipinski definition) is 1. The van der Waals surface area contributed by atoms with Crippen LogP contribution < -0.4 is 0 Å². The molecule has 4 heteroatoms. The van der Waals surface area contributed by atoms with E-state index in [2.05, 4.69) is 34.9 Å². The monoisotopic (exact) mass is 272 g/mol. The van der Waals surface area contributed by atoms with Crippen molar-refractivity contribution in [2.75, 3.05) is 0 Å². The van der Waals surface area contributed by atoms with Crippen molar-refractivity contribution in [1.82, 2.24) is 9.78 Å². The van der Waals surface area contributed by atoms with Gasteiger partial charge in [-0.15, -0.1) is 0 Å². The predicted octanol–water partition coefficient (Wildman–Crippen LogP) is 2.47. The molecule has 0 aliphatic heterocycles. The van der Waals surface area contributed by atoms with Crippen LogP contribution in [0.25, 0.3) is 0 Å². The van der Waals surface area contributed by atoms with Crippen molar-refractivity contribution < 1.29 is 5.11 Å². The van der Waals surface area contributed by atoms with E-state index >= 15 is 0 Å². The van der Waals surface area contributed by atoms with Crippen LogP contribution in [0.15, 0.2) is 10.7 Å². The van der Waals surface area contributed by atoms with E-state index in [1.807, 2.05) is 10.9 Å². The molecule has 0 spiro atoms. The SMILES string of the molecule is CCn1ncc(Br)c1C1(C)CCC(O)C1. The first-order valence-corrected chi connectivity index (χ1v) is 6.26. The lowest BCUT2D eigenvalue weighted by atomic mass is 9.85. The van der Waals surface area contributed by atoms with E-state index in [0.717, 1.165) is 30.3 Å². The number of aryl methyl sites for hydroxylation is 1. The Kier molecular flexibility index (Phi) is 2.90. The summed E-state index contributed by atoms with van der Waals surface area (Å²) in [6.45, 7) is 5.20. The van der Waals surface area contributed by atoms with Crippen LogP contribution in [0, 0.1) is 0 Å². The highest BCUT2D eigenvalue weighted by molar-refractivity contribution is 9.10. The zero-order chi connectivity index (χ0) is 11.1. The molecule has 1 N–H and O–H groups in total. The van der Waals surface area contributed by atoms with Gasteiger partial charge in [0.2, 0.25) is 0 Å². The fourth-order valence-corrected chi connectivity index (χ4v) is 3.40. The molecule has 2 unspecified atom stereocenters. The summed E-state index contributed by atoms with van der Waals surface area (Å²) in [5.74, 6) is 0. The van der Waals surface area contributed by atoms with Crippen molar-refractivity contribution in [3.8, 4) is 0 Å². The molecule has 1 saturated carbocycles. The van der Waals surface area contributed by atoms with E-state index in [1.165, 1.54) is 5.69 Å². The highest BCUT2D eigenvalue weighted by Gasteiger charge is 2.39. The minimum absolute atomic E-state index is 0.0742. The van der Waals surface area contributed by atoms with Crippen molar-refractivity contribution in [1.29, 1.82) is 0 Å². The zero-order valence-electron chi connectivity index (χ0n) is 9.20. The Balaban J connectivity index is 2.39. The molecule has 1 aliphatic carbocycles. The first-order chi connectivity index (χ1) is 7.07. The van der Waals surface area contributed by atoms with Gasteiger partial charge >= 0.3 is 0 Å². The maximum atomic E-state index is 9.67. The maximum absolute atomic E-state index is 9.67. The summed E-state index contributed by atoms with van der Waals surface area (Å²) in [4.78, 5) is 0.